The second-order valence-electron chi connectivity index (χ2n) is 2.02. The molecule has 86 valence electrons. The molecule has 0 bridgehead atoms. The molecular weight excluding hydrogens is 166 g/mol. The Kier molecular flexibility index (Phi) is 40.2. The van der Waals surface area contributed by atoms with Gasteiger partial charge in [-0.05, 0) is 20.8 Å². The zero-order valence-electron chi connectivity index (χ0n) is 9.29. The van der Waals surface area contributed by atoms with Crippen LogP contribution in [0.15, 0.2) is 0 Å². The second kappa shape index (κ2) is 22.6. The van der Waals surface area contributed by atoms with Gasteiger partial charge in [0.1, 0.15) is 0 Å². The quantitative estimate of drug-likeness (QED) is 0.724. The summed E-state index contributed by atoms with van der Waals surface area (Å²) in [5.41, 5.74) is 5.50. The smallest absolute Gasteiger partial charge is 0.0694 e. The van der Waals surface area contributed by atoms with Gasteiger partial charge in [-0.1, -0.05) is 21.3 Å². The highest BCUT2D eigenvalue weighted by atomic mass is 16.5. The van der Waals surface area contributed by atoms with Crippen molar-refractivity contribution in [1.29, 1.82) is 0 Å². The molecule has 3 nitrogen and oxygen atoms in total. The van der Waals surface area contributed by atoms with Crippen molar-refractivity contribution in [3.8, 4) is 0 Å². The van der Waals surface area contributed by atoms with E-state index in [4.69, 9.17) is 15.6 Å². The van der Waals surface area contributed by atoms with Gasteiger partial charge in [-0.15, -0.1) is 0 Å². The molecule has 0 fully saturated rings. The summed E-state index contributed by atoms with van der Waals surface area (Å²) in [5.74, 6) is 0. The van der Waals surface area contributed by atoms with E-state index in [1.165, 1.54) is 0 Å². The van der Waals surface area contributed by atoms with E-state index in [1.54, 1.807) is 0 Å². The summed E-state index contributed by atoms with van der Waals surface area (Å²) in [5, 5.41) is 7.00. The molecule has 0 spiro atoms. The molecule has 0 radical (unpaired) electrons. The molecule has 0 aromatic heterocycles. The van der Waals surface area contributed by atoms with Crippen LogP contribution >= 0.6 is 0 Å². The number of aliphatic hydroxyl groups excluding tert-OH is 1. The molecule has 0 heterocycles. The number of hydrogen-bond donors (Lipinski definition) is 2. The topological polar surface area (TPSA) is 55.5 Å². The first-order chi connectivity index (χ1) is 5.68. The van der Waals surface area contributed by atoms with Gasteiger partial charge >= 0.3 is 0 Å². The Morgan fingerprint density at radius 2 is 1.54 bits per heavy atom. The Morgan fingerprint density at radius 3 is 1.62 bits per heavy atom. The lowest BCUT2D eigenvalue weighted by Gasteiger charge is -2.14. The number of hydrogen-bond acceptors (Lipinski definition) is 3. The lowest BCUT2D eigenvalue weighted by molar-refractivity contribution is 0.0618. The predicted octanol–water partition coefficient (Wildman–Crippen LogP) is 2.03. The Hall–Kier alpha value is -0.120. The van der Waals surface area contributed by atoms with Crippen LogP contribution in [0.5, 0.6) is 0 Å². The van der Waals surface area contributed by atoms with Crippen LogP contribution in [0.1, 0.15) is 42.0 Å². The third-order valence-corrected chi connectivity index (χ3v) is 1.17. The maximum absolute atomic E-state index is 7.00. The summed E-state index contributed by atoms with van der Waals surface area (Å²) < 4.78 is 5.18. The van der Waals surface area contributed by atoms with Gasteiger partial charge in [-0.2, -0.15) is 0 Å². The summed E-state index contributed by atoms with van der Waals surface area (Å²) in [6, 6.07) is 0.148. The zero-order valence-corrected chi connectivity index (χ0v) is 9.29. The van der Waals surface area contributed by atoms with Crippen molar-refractivity contribution in [2.75, 3.05) is 13.7 Å². The Labute approximate surface area is 84.3 Å². The third-order valence-electron chi connectivity index (χ3n) is 1.17. The highest BCUT2D eigenvalue weighted by Gasteiger charge is 2.04. The average molecular weight is 195 g/mol. The van der Waals surface area contributed by atoms with Crippen molar-refractivity contribution < 1.29 is 9.84 Å². The third kappa shape index (κ3) is 24.5. The SMILES string of the molecule is C.CC.CCOC(C)C(C)N.CO. The van der Waals surface area contributed by atoms with Crippen LogP contribution in [0.2, 0.25) is 0 Å². The van der Waals surface area contributed by atoms with Crippen LogP contribution in [0.3, 0.4) is 0 Å². The van der Waals surface area contributed by atoms with Gasteiger partial charge in [0.15, 0.2) is 0 Å². The van der Waals surface area contributed by atoms with Gasteiger partial charge < -0.3 is 15.6 Å². The molecule has 0 amide bonds. The molecule has 0 aromatic carbocycles. The summed E-state index contributed by atoms with van der Waals surface area (Å²) in [6.07, 6.45) is 0.194. The standard InChI is InChI=1S/C6H15NO.C2H6.CH4O.CH4/c1-4-8-6(3)5(2)7;2*1-2;/h5-6H,4,7H2,1-3H3;1-2H3;2H,1H3;1H4. The first kappa shape index (κ1) is 23.1. The van der Waals surface area contributed by atoms with Crippen LogP contribution in [0.4, 0.5) is 0 Å². The number of aliphatic hydroxyl groups is 1. The molecule has 0 saturated heterocycles. The van der Waals surface area contributed by atoms with Crippen molar-refractivity contribution in [2.24, 2.45) is 5.73 Å². The molecule has 3 N–H and O–H groups in total. The molecule has 0 aliphatic carbocycles. The minimum absolute atomic E-state index is 0. The fraction of sp³-hybridized carbons (Fsp3) is 1.00. The van der Waals surface area contributed by atoms with Crippen molar-refractivity contribution in [1.82, 2.24) is 0 Å². The fourth-order valence-corrected chi connectivity index (χ4v) is 0.415. The Morgan fingerprint density at radius 1 is 1.23 bits per heavy atom. The van der Waals surface area contributed by atoms with Crippen LogP contribution < -0.4 is 5.73 Å². The lowest BCUT2D eigenvalue weighted by Crippen LogP contribution is -2.31. The van der Waals surface area contributed by atoms with Gasteiger partial charge in [-0.25, -0.2) is 0 Å². The van der Waals surface area contributed by atoms with Gasteiger partial charge in [0.2, 0.25) is 0 Å². The zero-order chi connectivity index (χ0) is 10.6. The van der Waals surface area contributed by atoms with Crippen molar-refractivity contribution >= 4 is 0 Å². The molecule has 0 aromatic rings. The molecule has 2 atom stereocenters. The first-order valence-electron chi connectivity index (χ1n) is 4.50. The first-order valence-corrected chi connectivity index (χ1v) is 4.50. The van der Waals surface area contributed by atoms with Gasteiger partial charge in [0, 0.05) is 19.8 Å². The molecule has 0 aliphatic heterocycles. The van der Waals surface area contributed by atoms with E-state index in [1.807, 2.05) is 34.6 Å². The molecule has 13 heavy (non-hydrogen) atoms. The maximum Gasteiger partial charge on any atom is 0.0694 e. The van der Waals surface area contributed by atoms with Crippen LogP contribution in [-0.4, -0.2) is 31.0 Å². The molecule has 0 saturated carbocycles. The van der Waals surface area contributed by atoms with E-state index in [0.29, 0.717) is 0 Å². The summed E-state index contributed by atoms with van der Waals surface area (Å²) in [6.45, 7) is 10.6. The van der Waals surface area contributed by atoms with E-state index in [9.17, 15) is 0 Å². The minimum Gasteiger partial charge on any atom is -0.400 e. The molecule has 2 unspecified atom stereocenters. The molecule has 0 aliphatic rings. The second-order valence-corrected chi connectivity index (χ2v) is 2.02. The predicted molar refractivity (Wildman–Crippen MR) is 61.0 cm³/mol. The normalized spacial score (nSPS) is 12.0. The highest BCUT2D eigenvalue weighted by Crippen LogP contribution is 1.92. The lowest BCUT2D eigenvalue weighted by atomic mass is 10.2. The van der Waals surface area contributed by atoms with E-state index < -0.39 is 0 Å². The van der Waals surface area contributed by atoms with Crippen LogP contribution in [-0.2, 0) is 4.74 Å². The fourth-order valence-electron chi connectivity index (χ4n) is 0.415. The monoisotopic (exact) mass is 195 g/mol. The van der Waals surface area contributed by atoms with Crippen LogP contribution in [0.25, 0.3) is 0 Å². The maximum atomic E-state index is 7.00. The van der Waals surface area contributed by atoms with Gasteiger partial charge in [0.25, 0.3) is 0 Å². The van der Waals surface area contributed by atoms with Gasteiger partial charge in [-0.3, -0.25) is 0 Å². The number of nitrogens with two attached hydrogens (primary N) is 1. The molecular formula is C10H29NO2. The largest absolute Gasteiger partial charge is 0.400 e. The highest BCUT2D eigenvalue weighted by molar-refractivity contribution is 4.60. The molecule has 3 heteroatoms. The average Bonchev–Trinajstić information content (AvgIpc) is 2.12. The summed E-state index contributed by atoms with van der Waals surface area (Å²) in [4.78, 5) is 0. The van der Waals surface area contributed by atoms with E-state index in [2.05, 4.69) is 0 Å². The van der Waals surface area contributed by atoms with E-state index >= 15 is 0 Å². The molecule has 0 rings (SSSR count). The van der Waals surface area contributed by atoms with Gasteiger partial charge in [0.05, 0.1) is 6.10 Å². The van der Waals surface area contributed by atoms with E-state index in [-0.39, 0.29) is 19.6 Å². The summed E-state index contributed by atoms with van der Waals surface area (Å²) in [7, 11) is 1.00. The van der Waals surface area contributed by atoms with Crippen molar-refractivity contribution in [3.63, 3.8) is 0 Å². The Balaban J connectivity index is -0.0000000712. The number of rotatable bonds is 3. The minimum atomic E-state index is 0. The number of ether oxygens (including phenoxy) is 1. The van der Waals surface area contributed by atoms with Crippen molar-refractivity contribution in [2.45, 2.75) is 54.2 Å². The van der Waals surface area contributed by atoms with Crippen molar-refractivity contribution in [3.05, 3.63) is 0 Å². The van der Waals surface area contributed by atoms with Crippen LogP contribution in [0, 0.1) is 0 Å². The Bertz CT molecular complexity index is 58.9. The van der Waals surface area contributed by atoms with E-state index in [0.717, 1.165) is 13.7 Å². The summed E-state index contributed by atoms with van der Waals surface area (Å²) >= 11 is 0.